The van der Waals surface area contributed by atoms with Crippen molar-refractivity contribution >= 4 is 0 Å². The van der Waals surface area contributed by atoms with Crippen LogP contribution < -0.4 is 4.74 Å². The van der Waals surface area contributed by atoms with Gasteiger partial charge in [0.15, 0.2) is 5.82 Å². The van der Waals surface area contributed by atoms with E-state index in [4.69, 9.17) is 4.74 Å². The highest BCUT2D eigenvalue weighted by Gasteiger charge is 2.21. The zero-order chi connectivity index (χ0) is 23.1. The van der Waals surface area contributed by atoms with Crippen LogP contribution in [0.4, 0.5) is 0 Å². The highest BCUT2D eigenvalue weighted by molar-refractivity contribution is 5.56. The maximum Gasteiger partial charge on any atom is 0.159 e. The molecule has 0 radical (unpaired) electrons. The van der Waals surface area contributed by atoms with Crippen LogP contribution in [0, 0.1) is 0 Å². The number of benzene rings is 1. The summed E-state index contributed by atoms with van der Waals surface area (Å²) in [5.74, 6) is 1.71. The molecule has 0 spiro atoms. The molecule has 1 heterocycles. The Bertz CT molecular complexity index is 722. The number of unbranched alkanes of at least 4 members (excludes halogenated alkanes) is 10. The van der Waals surface area contributed by atoms with Gasteiger partial charge in [-0.1, -0.05) is 98.3 Å². The van der Waals surface area contributed by atoms with Gasteiger partial charge in [0, 0.05) is 18.0 Å². The fourth-order valence-corrected chi connectivity index (χ4v) is 4.09. The Balaban J connectivity index is 1.78. The molecule has 178 valence electrons. The molecule has 32 heavy (non-hydrogen) atoms. The monoisotopic (exact) mass is 438 g/mol. The van der Waals surface area contributed by atoms with Crippen LogP contribution in [0.15, 0.2) is 36.7 Å². The average molecular weight is 439 g/mol. The molecule has 0 unspecified atom stereocenters. The van der Waals surface area contributed by atoms with Gasteiger partial charge >= 0.3 is 0 Å². The summed E-state index contributed by atoms with van der Waals surface area (Å²) >= 11 is 0. The first-order valence-corrected chi connectivity index (χ1v) is 13.1. The molecular weight excluding hydrogens is 392 g/mol. The standard InChI is InChI=1S/C29H46N2O/c1-5-7-9-11-13-15-21-29(3,4)26-23-30-28(31-24-26)25-17-19-27(20-18-25)32-22-16-14-12-10-8-6-2/h17-20,23-24H,5-16,21-22H2,1-4H3. The first kappa shape index (κ1) is 26.4. The summed E-state index contributed by atoms with van der Waals surface area (Å²) < 4.78 is 5.89. The van der Waals surface area contributed by atoms with E-state index in [1.165, 1.54) is 82.6 Å². The molecule has 0 aliphatic rings. The molecule has 0 atom stereocenters. The van der Waals surface area contributed by atoms with Crippen molar-refractivity contribution in [3.8, 4) is 17.1 Å². The van der Waals surface area contributed by atoms with Crippen molar-refractivity contribution in [1.82, 2.24) is 9.97 Å². The van der Waals surface area contributed by atoms with Crippen molar-refractivity contribution in [3.63, 3.8) is 0 Å². The Morgan fingerprint density at radius 2 is 1.22 bits per heavy atom. The Hall–Kier alpha value is -1.90. The molecule has 0 aliphatic carbocycles. The summed E-state index contributed by atoms with van der Waals surface area (Å²) in [5.41, 5.74) is 2.39. The lowest BCUT2D eigenvalue weighted by Gasteiger charge is -2.24. The van der Waals surface area contributed by atoms with Crippen LogP contribution in [0.3, 0.4) is 0 Å². The predicted octanol–water partition coefficient (Wildman–Crippen LogP) is 8.91. The van der Waals surface area contributed by atoms with Crippen LogP contribution in [0.25, 0.3) is 11.4 Å². The number of hydrogen-bond acceptors (Lipinski definition) is 3. The van der Waals surface area contributed by atoms with E-state index in [9.17, 15) is 0 Å². The van der Waals surface area contributed by atoms with E-state index in [1.54, 1.807) is 0 Å². The van der Waals surface area contributed by atoms with Gasteiger partial charge < -0.3 is 4.74 Å². The molecule has 2 aromatic rings. The minimum Gasteiger partial charge on any atom is -0.494 e. The third kappa shape index (κ3) is 9.71. The van der Waals surface area contributed by atoms with E-state index in [0.29, 0.717) is 0 Å². The third-order valence-electron chi connectivity index (χ3n) is 6.47. The lowest BCUT2D eigenvalue weighted by Crippen LogP contribution is -2.17. The van der Waals surface area contributed by atoms with Gasteiger partial charge in [0.25, 0.3) is 0 Å². The zero-order valence-corrected chi connectivity index (χ0v) is 21.2. The second-order valence-corrected chi connectivity index (χ2v) is 9.84. The topological polar surface area (TPSA) is 35.0 Å². The fraction of sp³-hybridized carbons (Fsp3) is 0.655. The number of ether oxygens (including phenoxy) is 1. The Morgan fingerprint density at radius 1 is 0.688 bits per heavy atom. The van der Waals surface area contributed by atoms with E-state index >= 15 is 0 Å². The normalized spacial score (nSPS) is 11.6. The molecule has 3 heteroatoms. The van der Waals surface area contributed by atoms with Crippen LogP contribution in [0.2, 0.25) is 0 Å². The van der Waals surface area contributed by atoms with Gasteiger partial charge in [-0.15, -0.1) is 0 Å². The maximum absolute atomic E-state index is 5.89. The third-order valence-corrected chi connectivity index (χ3v) is 6.47. The quantitative estimate of drug-likeness (QED) is 0.231. The summed E-state index contributed by atoms with van der Waals surface area (Å²) in [6.07, 6.45) is 20.9. The SMILES string of the molecule is CCCCCCCCOc1ccc(-c2ncc(C(C)(C)CCCCCCCC)cn2)cc1. The van der Waals surface area contributed by atoms with Crippen molar-refractivity contribution in [3.05, 3.63) is 42.2 Å². The van der Waals surface area contributed by atoms with E-state index in [1.807, 2.05) is 24.5 Å². The minimum atomic E-state index is 0.123. The summed E-state index contributed by atoms with van der Waals surface area (Å²) in [5, 5.41) is 0. The first-order chi connectivity index (χ1) is 15.6. The summed E-state index contributed by atoms with van der Waals surface area (Å²) in [6.45, 7) is 9.95. The summed E-state index contributed by atoms with van der Waals surface area (Å²) in [7, 11) is 0. The van der Waals surface area contributed by atoms with Crippen LogP contribution in [-0.4, -0.2) is 16.6 Å². The second kappa shape index (κ2) is 15.0. The van der Waals surface area contributed by atoms with Gasteiger partial charge in [-0.2, -0.15) is 0 Å². The predicted molar refractivity (Wildman–Crippen MR) is 137 cm³/mol. The molecule has 0 bridgehead atoms. The minimum absolute atomic E-state index is 0.123. The van der Waals surface area contributed by atoms with Gasteiger partial charge in [-0.3, -0.25) is 0 Å². The van der Waals surface area contributed by atoms with Gasteiger partial charge in [0.1, 0.15) is 5.75 Å². The second-order valence-electron chi connectivity index (χ2n) is 9.84. The van der Waals surface area contributed by atoms with Crippen LogP contribution in [0.1, 0.15) is 117 Å². The van der Waals surface area contributed by atoms with E-state index in [-0.39, 0.29) is 5.41 Å². The van der Waals surface area contributed by atoms with Crippen molar-refractivity contribution in [1.29, 1.82) is 0 Å². The number of hydrogen-bond donors (Lipinski definition) is 0. The van der Waals surface area contributed by atoms with Crippen molar-refractivity contribution in [2.75, 3.05) is 6.61 Å². The largest absolute Gasteiger partial charge is 0.494 e. The Kier molecular flexibility index (Phi) is 12.4. The highest BCUT2D eigenvalue weighted by Crippen LogP contribution is 2.29. The molecule has 0 saturated heterocycles. The first-order valence-electron chi connectivity index (χ1n) is 13.1. The van der Waals surface area contributed by atoms with Crippen molar-refractivity contribution in [2.24, 2.45) is 0 Å². The maximum atomic E-state index is 5.89. The lowest BCUT2D eigenvalue weighted by atomic mass is 9.81. The average Bonchev–Trinajstić information content (AvgIpc) is 2.81. The lowest BCUT2D eigenvalue weighted by molar-refractivity contribution is 0.304. The van der Waals surface area contributed by atoms with Gasteiger partial charge in [-0.05, 0) is 48.1 Å². The number of nitrogens with zero attached hydrogens (tertiary/aromatic N) is 2. The molecule has 0 saturated carbocycles. The van der Waals surface area contributed by atoms with Crippen molar-refractivity contribution < 1.29 is 4.74 Å². The summed E-state index contributed by atoms with van der Waals surface area (Å²) in [6, 6.07) is 8.19. The zero-order valence-electron chi connectivity index (χ0n) is 21.2. The summed E-state index contributed by atoms with van der Waals surface area (Å²) in [4.78, 5) is 9.35. The van der Waals surface area contributed by atoms with Gasteiger partial charge in [-0.25, -0.2) is 9.97 Å². The van der Waals surface area contributed by atoms with E-state index < -0.39 is 0 Å². The van der Waals surface area contributed by atoms with E-state index in [2.05, 4.69) is 49.8 Å². The molecule has 0 fully saturated rings. The number of aromatic nitrogens is 2. The van der Waals surface area contributed by atoms with Crippen LogP contribution >= 0.6 is 0 Å². The Morgan fingerprint density at radius 3 is 1.81 bits per heavy atom. The molecule has 1 aromatic heterocycles. The Labute approximate surface area is 197 Å². The fourth-order valence-electron chi connectivity index (χ4n) is 4.09. The van der Waals surface area contributed by atoms with Crippen LogP contribution in [0.5, 0.6) is 5.75 Å². The molecule has 0 amide bonds. The molecule has 2 rings (SSSR count). The van der Waals surface area contributed by atoms with Crippen molar-refractivity contribution in [2.45, 2.75) is 117 Å². The molecule has 1 aromatic carbocycles. The van der Waals surface area contributed by atoms with Crippen LogP contribution in [-0.2, 0) is 5.41 Å². The van der Waals surface area contributed by atoms with Gasteiger partial charge in [0.05, 0.1) is 6.61 Å². The molecular formula is C29H46N2O. The van der Waals surface area contributed by atoms with E-state index in [0.717, 1.165) is 30.2 Å². The smallest absolute Gasteiger partial charge is 0.159 e. The number of rotatable bonds is 17. The molecule has 0 aliphatic heterocycles. The molecule has 0 N–H and O–H groups in total. The molecule has 3 nitrogen and oxygen atoms in total. The van der Waals surface area contributed by atoms with Gasteiger partial charge in [0.2, 0.25) is 0 Å². The highest BCUT2D eigenvalue weighted by atomic mass is 16.5.